The minimum Gasteiger partial charge on any atom is -0.368 e. The van der Waals surface area contributed by atoms with E-state index in [-0.39, 0.29) is 28.7 Å². The maximum Gasteiger partial charge on any atom is 0.277 e. The maximum atomic E-state index is 12.5. The molecule has 0 saturated carbocycles. The van der Waals surface area contributed by atoms with Crippen LogP contribution >= 0.6 is 11.8 Å². The van der Waals surface area contributed by atoms with E-state index in [1.54, 1.807) is 0 Å². The molecule has 1 amide bonds. The zero-order valence-corrected chi connectivity index (χ0v) is 17.7. The van der Waals surface area contributed by atoms with Gasteiger partial charge in [0, 0.05) is 17.5 Å². The molecule has 3 fully saturated rings. The van der Waals surface area contributed by atoms with Gasteiger partial charge >= 0.3 is 0 Å². The number of hydrogen-bond donors (Lipinski definition) is 0. The van der Waals surface area contributed by atoms with Crippen LogP contribution in [0.3, 0.4) is 0 Å². The first-order valence-electron chi connectivity index (χ1n) is 9.96. The zero-order chi connectivity index (χ0) is 19.7. The number of anilines is 1. The highest BCUT2D eigenvalue weighted by Crippen LogP contribution is 2.41. The predicted octanol–water partition coefficient (Wildman–Crippen LogP) is 2.81. The molecule has 8 heteroatoms. The van der Waals surface area contributed by atoms with E-state index in [9.17, 15) is 13.2 Å². The molecule has 28 heavy (non-hydrogen) atoms. The van der Waals surface area contributed by atoms with E-state index in [1.165, 1.54) is 17.3 Å². The van der Waals surface area contributed by atoms with Gasteiger partial charge in [-0.2, -0.15) is 4.99 Å². The molecule has 0 unspecified atom stereocenters. The highest BCUT2D eigenvalue weighted by atomic mass is 32.2. The fraction of sp³-hybridized carbons (Fsp3) is 0.600. The van der Waals surface area contributed by atoms with Crippen molar-refractivity contribution in [3.05, 3.63) is 29.8 Å². The maximum absolute atomic E-state index is 12.5. The van der Waals surface area contributed by atoms with Crippen molar-refractivity contribution in [3.8, 4) is 0 Å². The number of thioether (sulfide) groups is 1. The minimum absolute atomic E-state index is 0.0826. The molecule has 0 bridgehead atoms. The molecule has 6 nitrogen and oxygen atoms in total. The fourth-order valence-electron chi connectivity index (χ4n) is 4.01. The van der Waals surface area contributed by atoms with E-state index in [0.29, 0.717) is 18.2 Å². The Morgan fingerprint density at radius 2 is 2.07 bits per heavy atom. The smallest absolute Gasteiger partial charge is 0.277 e. The number of hydrogen-bond acceptors (Lipinski definition) is 5. The van der Waals surface area contributed by atoms with Crippen LogP contribution in [0.2, 0.25) is 0 Å². The third-order valence-electron chi connectivity index (χ3n) is 5.51. The Morgan fingerprint density at radius 1 is 1.29 bits per heavy atom. The van der Waals surface area contributed by atoms with Gasteiger partial charge in [-0.25, -0.2) is 8.42 Å². The van der Waals surface area contributed by atoms with Gasteiger partial charge < -0.3 is 9.64 Å². The summed E-state index contributed by atoms with van der Waals surface area (Å²) in [7, 11) is -3.06. The molecule has 0 N–H and O–H groups in total. The quantitative estimate of drug-likeness (QED) is 0.726. The zero-order valence-electron chi connectivity index (χ0n) is 16.0. The van der Waals surface area contributed by atoms with Crippen LogP contribution in [0.15, 0.2) is 29.3 Å². The summed E-state index contributed by atoms with van der Waals surface area (Å²) in [5.74, 6) is -0.0111. The first-order valence-corrected chi connectivity index (χ1v) is 12.7. The second-order valence-corrected chi connectivity index (χ2v) is 11.0. The number of rotatable bonds is 5. The molecule has 3 aliphatic rings. The van der Waals surface area contributed by atoms with Crippen molar-refractivity contribution >= 4 is 38.4 Å². The Kier molecular flexibility index (Phi) is 5.81. The highest BCUT2D eigenvalue weighted by molar-refractivity contribution is 8.16. The molecule has 0 radical (unpaired) electrons. The lowest BCUT2D eigenvalue weighted by Crippen LogP contribution is -2.38. The van der Waals surface area contributed by atoms with Crippen molar-refractivity contribution in [2.45, 2.75) is 56.4 Å². The molecule has 3 heterocycles. The molecule has 4 rings (SSSR count). The van der Waals surface area contributed by atoms with Crippen LogP contribution < -0.4 is 4.90 Å². The number of nitrogens with zero attached hydrogens (tertiary/aromatic N) is 2. The number of benzene rings is 1. The van der Waals surface area contributed by atoms with E-state index in [4.69, 9.17) is 4.74 Å². The normalized spacial score (nSPS) is 30.1. The summed E-state index contributed by atoms with van der Waals surface area (Å²) in [6, 6.07) is 8.04. The second kappa shape index (κ2) is 8.16. The van der Waals surface area contributed by atoms with Crippen molar-refractivity contribution in [1.82, 2.24) is 0 Å². The van der Waals surface area contributed by atoms with Gasteiger partial charge in [0.05, 0.1) is 17.5 Å². The van der Waals surface area contributed by atoms with E-state index in [0.717, 1.165) is 31.4 Å². The van der Waals surface area contributed by atoms with Gasteiger partial charge in [-0.05, 0) is 43.4 Å². The lowest BCUT2D eigenvalue weighted by molar-refractivity contribution is -0.126. The second-order valence-electron chi connectivity index (χ2n) is 7.67. The van der Waals surface area contributed by atoms with Crippen molar-refractivity contribution in [1.29, 1.82) is 0 Å². The van der Waals surface area contributed by atoms with Gasteiger partial charge in [0.25, 0.3) is 5.91 Å². The van der Waals surface area contributed by atoms with Crippen LogP contribution in [-0.4, -0.2) is 55.0 Å². The predicted molar refractivity (Wildman–Crippen MR) is 113 cm³/mol. The number of ether oxygens (including phenoxy) is 1. The van der Waals surface area contributed by atoms with Crippen LogP contribution in [0, 0.1) is 0 Å². The minimum atomic E-state index is -3.06. The third-order valence-corrected chi connectivity index (χ3v) is 8.72. The Morgan fingerprint density at radius 3 is 2.75 bits per heavy atom. The average molecular weight is 423 g/mol. The van der Waals surface area contributed by atoms with E-state index in [2.05, 4.69) is 24.0 Å². The highest BCUT2D eigenvalue weighted by Gasteiger charge is 2.49. The summed E-state index contributed by atoms with van der Waals surface area (Å²) in [6.07, 6.45) is 4.44. The summed E-state index contributed by atoms with van der Waals surface area (Å²) in [6.45, 7) is 2.77. The first kappa shape index (κ1) is 19.9. The summed E-state index contributed by atoms with van der Waals surface area (Å²) in [4.78, 5) is 18.8. The van der Waals surface area contributed by atoms with Gasteiger partial charge in [0.15, 0.2) is 15.0 Å². The number of aryl methyl sites for hydroxylation is 1. The molecule has 3 aliphatic heterocycles. The first-order chi connectivity index (χ1) is 13.5. The Bertz CT molecular complexity index is 861. The standard InChI is InChI=1S/C20H26N2O4S2/c1-2-3-5-14-7-9-15(10-8-14)22-16-12-28(24,25)13-18(16)27-20(22)21-19(23)17-6-4-11-26-17/h7-10,16-18H,2-6,11-13H2,1H3/t16-,17+,18+/m1/s1. The van der Waals surface area contributed by atoms with Crippen molar-refractivity contribution in [2.75, 3.05) is 23.0 Å². The number of carbonyl (C=O) groups is 1. The molecule has 0 aromatic heterocycles. The third kappa shape index (κ3) is 4.14. The number of amides is 1. The molecular formula is C20H26N2O4S2. The SMILES string of the molecule is CCCCc1ccc(N2C(=NC(=O)[C@@H]3CCCO3)S[C@H]3CS(=O)(=O)C[C@H]32)cc1. The fourth-order valence-corrected chi connectivity index (χ4v) is 7.93. The number of unbranched alkanes of at least 4 members (excludes halogenated alkanes) is 1. The topological polar surface area (TPSA) is 76.0 Å². The summed E-state index contributed by atoms with van der Waals surface area (Å²) < 4.78 is 29.8. The van der Waals surface area contributed by atoms with Gasteiger partial charge in [0.1, 0.15) is 6.10 Å². The van der Waals surface area contributed by atoms with Crippen molar-refractivity contribution < 1.29 is 17.9 Å². The molecule has 3 atom stereocenters. The van der Waals surface area contributed by atoms with Crippen LogP contribution in [0.1, 0.15) is 38.2 Å². The summed E-state index contributed by atoms with van der Waals surface area (Å²) >= 11 is 1.41. The Balaban J connectivity index is 1.61. The van der Waals surface area contributed by atoms with Crippen LogP contribution in [-0.2, 0) is 25.8 Å². The Labute approximate surface area is 170 Å². The van der Waals surface area contributed by atoms with E-state index in [1.807, 2.05) is 17.0 Å². The monoisotopic (exact) mass is 422 g/mol. The molecule has 0 aliphatic carbocycles. The average Bonchev–Trinajstić information content (AvgIpc) is 3.35. The lowest BCUT2D eigenvalue weighted by Gasteiger charge is -2.25. The van der Waals surface area contributed by atoms with Crippen LogP contribution in [0.4, 0.5) is 5.69 Å². The number of aliphatic imine (C=N–C) groups is 1. The number of amidine groups is 1. The van der Waals surface area contributed by atoms with Gasteiger partial charge in [-0.3, -0.25) is 4.79 Å². The number of fused-ring (bicyclic) bond motifs is 1. The molecule has 0 spiro atoms. The molecule has 3 saturated heterocycles. The van der Waals surface area contributed by atoms with E-state index >= 15 is 0 Å². The van der Waals surface area contributed by atoms with Crippen molar-refractivity contribution in [2.24, 2.45) is 4.99 Å². The van der Waals surface area contributed by atoms with Gasteiger partial charge in [0.2, 0.25) is 0 Å². The number of sulfone groups is 1. The van der Waals surface area contributed by atoms with E-state index < -0.39 is 15.9 Å². The number of carbonyl (C=O) groups excluding carboxylic acids is 1. The summed E-state index contributed by atoms with van der Waals surface area (Å²) in [5.41, 5.74) is 2.17. The van der Waals surface area contributed by atoms with Gasteiger partial charge in [-0.15, -0.1) is 0 Å². The van der Waals surface area contributed by atoms with Crippen LogP contribution in [0.5, 0.6) is 0 Å². The molecule has 1 aromatic carbocycles. The molecular weight excluding hydrogens is 396 g/mol. The lowest BCUT2D eigenvalue weighted by atomic mass is 10.1. The summed E-state index contributed by atoms with van der Waals surface area (Å²) in [5, 5.41) is 0.521. The van der Waals surface area contributed by atoms with Crippen molar-refractivity contribution in [3.63, 3.8) is 0 Å². The van der Waals surface area contributed by atoms with Crippen LogP contribution in [0.25, 0.3) is 0 Å². The van der Waals surface area contributed by atoms with Gasteiger partial charge in [-0.1, -0.05) is 37.2 Å². The largest absolute Gasteiger partial charge is 0.368 e. The molecule has 1 aromatic rings. The Hall–Kier alpha value is -1.38. The molecule has 152 valence electrons.